The molecule has 2 rings (SSSR count). The molecule has 1 N–H and O–H groups in total. The molecule has 1 fully saturated rings. The molecule has 0 aromatic heterocycles. The average Bonchev–Trinajstić information content (AvgIpc) is 2.02. The van der Waals surface area contributed by atoms with Crippen LogP contribution in [0.2, 0.25) is 0 Å². The van der Waals surface area contributed by atoms with Gasteiger partial charge in [0, 0.05) is 11.6 Å². The largest absolute Gasteiger partial charge is 0.310 e. The van der Waals surface area contributed by atoms with Crippen LogP contribution in [-0.4, -0.2) is 6.54 Å². The van der Waals surface area contributed by atoms with Crippen molar-refractivity contribution in [1.29, 1.82) is 0 Å². The van der Waals surface area contributed by atoms with Crippen molar-refractivity contribution in [3.05, 3.63) is 35.1 Å². The van der Waals surface area contributed by atoms with Crippen LogP contribution in [0.4, 0.5) is 13.2 Å². The van der Waals surface area contributed by atoms with Crippen molar-refractivity contribution in [3.63, 3.8) is 0 Å². The van der Waals surface area contributed by atoms with Crippen molar-refractivity contribution in [3.8, 4) is 0 Å². The molecule has 4 heteroatoms. The maximum atomic E-state index is 13.1. The highest BCUT2D eigenvalue weighted by Gasteiger charge is 2.26. The first-order valence-corrected chi connectivity index (χ1v) is 4.07. The van der Waals surface area contributed by atoms with E-state index in [0.29, 0.717) is 6.42 Å². The Kier molecular flexibility index (Phi) is 2.00. The molecule has 1 aromatic rings. The van der Waals surface area contributed by atoms with Gasteiger partial charge in [-0.2, -0.15) is 0 Å². The zero-order valence-corrected chi connectivity index (χ0v) is 6.78. The van der Waals surface area contributed by atoms with Gasteiger partial charge in [0.05, 0.1) is 0 Å². The van der Waals surface area contributed by atoms with E-state index in [0.717, 1.165) is 18.7 Å². The van der Waals surface area contributed by atoms with Gasteiger partial charge < -0.3 is 5.32 Å². The van der Waals surface area contributed by atoms with Crippen molar-refractivity contribution in [2.75, 3.05) is 6.54 Å². The third-order valence-electron chi connectivity index (χ3n) is 2.25. The highest BCUT2D eigenvalue weighted by molar-refractivity contribution is 5.25. The Morgan fingerprint density at radius 3 is 2.31 bits per heavy atom. The lowest BCUT2D eigenvalue weighted by Crippen LogP contribution is -2.36. The second kappa shape index (κ2) is 3.03. The smallest absolute Gasteiger partial charge is 0.166 e. The fourth-order valence-electron chi connectivity index (χ4n) is 1.40. The van der Waals surface area contributed by atoms with E-state index in [1.807, 2.05) is 0 Å². The van der Waals surface area contributed by atoms with Crippen LogP contribution in [0.5, 0.6) is 0 Å². The maximum Gasteiger partial charge on any atom is 0.166 e. The minimum absolute atomic E-state index is 0.175. The maximum absolute atomic E-state index is 13.1. The zero-order chi connectivity index (χ0) is 9.42. The number of hydrogen-bond acceptors (Lipinski definition) is 1. The van der Waals surface area contributed by atoms with Gasteiger partial charge in [-0.3, -0.25) is 0 Å². The summed E-state index contributed by atoms with van der Waals surface area (Å²) in [6, 6.07) is 1.39. The van der Waals surface area contributed by atoms with E-state index in [-0.39, 0.29) is 11.6 Å². The van der Waals surface area contributed by atoms with E-state index in [1.54, 1.807) is 0 Å². The fourth-order valence-corrected chi connectivity index (χ4v) is 1.40. The summed E-state index contributed by atoms with van der Waals surface area (Å²) < 4.78 is 38.8. The summed E-state index contributed by atoms with van der Waals surface area (Å²) in [5.74, 6) is -2.75. The number of benzene rings is 1. The molecular formula is C9H8F3N. The van der Waals surface area contributed by atoms with E-state index in [9.17, 15) is 13.2 Å². The van der Waals surface area contributed by atoms with Crippen molar-refractivity contribution in [2.45, 2.75) is 12.5 Å². The molecule has 0 radical (unpaired) electrons. The second-order valence-corrected chi connectivity index (χ2v) is 3.05. The molecule has 1 nitrogen and oxygen atoms in total. The van der Waals surface area contributed by atoms with Crippen LogP contribution in [0.1, 0.15) is 18.0 Å². The second-order valence-electron chi connectivity index (χ2n) is 3.05. The van der Waals surface area contributed by atoms with Crippen LogP contribution in [0.25, 0.3) is 0 Å². The van der Waals surface area contributed by atoms with E-state index >= 15 is 0 Å². The molecule has 0 saturated carbocycles. The summed E-state index contributed by atoms with van der Waals surface area (Å²) in [6.45, 7) is 0.722. The summed E-state index contributed by atoms with van der Waals surface area (Å²) in [6.07, 6.45) is 0.650. The molecule has 1 heterocycles. The molecule has 13 heavy (non-hydrogen) atoms. The van der Waals surface area contributed by atoms with Gasteiger partial charge in [0.2, 0.25) is 0 Å². The van der Waals surface area contributed by atoms with Crippen molar-refractivity contribution in [1.82, 2.24) is 5.32 Å². The zero-order valence-electron chi connectivity index (χ0n) is 6.78. The van der Waals surface area contributed by atoms with Gasteiger partial charge in [-0.15, -0.1) is 0 Å². The number of nitrogens with one attached hydrogen (secondary N) is 1. The molecular weight excluding hydrogens is 179 g/mol. The summed E-state index contributed by atoms with van der Waals surface area (Å²) in [7, 11) is 0. The first kappa shape index (κ1) is 8.56. The lowest BCUT2D eigenvalue weighted by atomic mass is 9.97. The van der Waals surface area contributed by atoms with E-state index in [4.69, 9.17) is 0 Å². The standard InChI is InChI=1S/C9H8F3N/c10-5-1-2-6(11)9(12)8(5)7-3-4-13-7/h1-2,7,13H,3-4H2. The molecule has 70 valence electrons. The summed E-state index contributed by atoms with van der Waals surface area (Å²) in [4.78, 5) is 0. The lowest BCUT2D eigenvalue weighted by molar-refractivity contribution is 0.348. The third-order valence-corrected chi connectivity index (χ3v) is 2.25. The molecule has 1 unspecified atom stereocenters. The Hall–Kier alpha value is -1.03. The molecule has 1 saturated heterocycles. The van der Waals surface area contributed by atoms with Crippen LogP contribution < -0.4 is 5.32 Å². The Labute approximate surface area is 73.6 Å². The third kappa shape index (κ3) is 1.31. The predicted octanol–water partition coefficient (Wildman–Crippen LogP) is 2.14. The van der Waals surface area contributed by atoms with Crippen molar-refractivity contribution < 1.29 is 13.2 Å². The monoisotopic (exact) mass is 187 g/mol. The molecule has 1 aliphatic heterocycles. The topological polar surface area (TPSA) is 12.0 Å². The molecule has 0 bridgehead atoms. The van der Waals surface area contributed by atoms with Gasteiger partial charge >= 0.3 is 0 Å². The van der Waals surface area contributed by atoms with E-state index < -0.39 is 17.5 Å². The summed E-state index contributed by atoms with van der Waals surface area (Å²) >= 11 is 0. The molecule has 1 atom stereocenters. The number of hydrogen-bond donors (Lipinski definition) is 1. The normalized spacial score (nSPS) is 21.3. The minimum atomic E-state index is -1.07. The Morgan fingerprint density at radius 1 is 1.15 bits per heavy atom. The number of rotatable bonds is 1. The van der Waals surface area contributed by atoms with Crippen LogP contribution >= 0.6 is 0 Å². The molecule has 0 aliphatic carbocycles. The van der Waals surface area contributed by atoms with Crippen LogP contribution in [0, 0.1) is 17.5 Å². The SMILES string of the molecule is Fc1ccc(F)c(C2CCN2)c1F. The Balaban J connectivity index is 2.46. The fraction of sp³-hybridized carbons (Fsp3) is 0.333. The highest BCUT2D eigenvalue weighted by atomic mass is 19.2. The van der Waals surface area contributed by atoms with Crippen molar-refractivity contribution in [2.24, 2.45) is 0 Å². The van der Waals surface area contributed by atoms with Gasteiger partial charge in [0.25, 0.3) is 0 Å². The van der Waals surface area contributed by atoms with Gasteiger partial charge in [0.15, 0.2) is 11.6 Å². The summed E-state index contributed by atoms with van der Waals surface area (Å²) in [5, 5.41) is 2.82. The minimum Gasteiger partial charge on any atom is -0.310 e. The molecule has 0 spiro atoms. The Morgan fingerprint density at radius 2 is 1.77 bits per heavy atom. The van der Waals surface area contributed by atoms with Crippen LogP contribution in [0.15, 0.2) is 12.1 Å². The van der Waals surface area contributed by atoms with Crippen LogP contribution in [-0.2, 0) is 0 Å². The summed E-state index contributed by atoms with van der Waals surface area (Å²) in [5.41, 5.74) is -0.175. The lowest BCUT2D eigenvalue weighted by Gasteiger charge is -2.28. The molecule has 1 aliphatic rings. The van der Waals surface area contributed by atoms with Gasteiger partial charge in [-0.25, -0.2) is 13.2 Å². The number of halogens is 3. The van der Waals surface area contributed by atoms with Gasteiger partial charge in [-0.1, -0.05) is 0 Å². The first-order valence-electron chi connectivity index (χ1n) is 4.07. The average molecular weight is 187 g/mol. The quantitative estimate of drug-likeness (QED) is 0.664. The van der Waals surface area contributed by atoms with Gasteiger partial charge in [-0.05, 0) is 25.1 Å². The van der Waals surface area contributed by atoms with E-state index in [1.165, 1.54) is 0 Å². The molecule has 0 amide bonds. The first-order chi connectivity index (χ1) is 6.20. The predicted molar refractivity (Wildman–Crippen MR) is 41.7 cm³/mol. The van der Waals surface area contributed by atoms with Crippen LogP contribution in [0.3, 0.4) is 0 Å². The van der Waals surface area contributed by atoms with Gasteiger partial charge in [0.1, 0.15) is 5.82 Å². The van der Waals surface area contributed by atoms with Crippen molar-refractivity contribution >= 4 is 0 Å². The molecule has 1 aromatic carbocycles. The Bertz CT molecular complexity index is 334. The highest BCUT2D eigenvalue weighted by Crippen LogP contribution is 2.28. The van der Waals surface area contributed by atoms with E-state index in [2.05, 4.69) is 5.32 Å².